The lowest BCUT2D eigenvalue weighted by Crippen LogP contribution is -2.36. The summed E-state index contributed by atoms with van der Waals surface area (Å²) < 4.78 is 0. The van der Waals surface area contributed by atoms with E-state index in [0.29, 0.717) is 5.69 Å². The maximum atomic E-state index is 10.6. The molecule has 0 aliphatic carbocycles. The third-order valence-corrected chi connectivity index (χ3v) is 1.54. The standard InChI is InChI=1S/C8H11N3O2/c9-4-7(8(12)13)11-6-2-1-3-10-5-6/h1-3,5,7,11H,4,9H2,(H,12,13)/t7-/m0/s1. The molecule has 1 rings (SSSR count). The van der Waals surface area contributed by atoms with Crippen molar-refractivity contribution in [3.63, 3.8) is 0 Å². The molecule has 1 heterocycles. The van der Waals surface area contributed by atoms with E-state index < -0.39 is 12.0 Å². The number of aliphatic carboxylic acids is 1. The smallest absolute Gasteiger partial charge is 0.327 e. The molecule has 4 N–H and O–H groups in total. The zero-order chi connectivity index (χ0) is 9.68. The molecule has 1 aromatic rings. The molecule has 13 heavy (non-hydrogen) atoms. The monoisotopic (exact) mass is 181 g/mol. The van der Waals surface area contributed by atoms with Crippen LogP contribution < -0.4 is 11.1 Å². The van der Waals surface area contributed by atoms with E-state index in [0.717, 1.165) is 0 Å². The summed E-state index contributed by atoms with van der Waals surface area (Å²) in [4.78, 5) is 14.4. The van der Waals surface area contributed by atoms with E-state index in [1.165, 1.54) is 0 Å². The van der Waals surface area contributed by atoms with E-state index in [1.54, 1.807) is 24.5 Å². The summed E-state index contributed by atoms with van der Waals surface area (Å²) in [6, 6.07) is 2.69. The predicted octanol–water partition coefficient (Wildman–Crippen LogP) is -0.0946. The average Bonchev–Trinajstić information content (AvgIpc) is 2.15. The Morgan fingerprint density at radius 3 is 3.00 bits per heavy atom. The van der Waals surface area contributed by atoms with Crippen LogP contribution in [0.2, 0.25) is 0 Å². The van der Waals surface area contributed by atoms with Crippen LogP contribution in [-0.4, -0.2) is 28.6 Å². The summed E-state index contributed by atoms with van der Waals surface area (Å²) >= 11 is 0. The third-order valence-electron chi connectivity index (χ3n) is 1.54. The molecule has 5 nitrogen and oxygen atoms in total. The number of nitrogens with one attached hydrogen (secondary N) is 1. The van der Waals surface area contributed by atoms with Crippen molar-refractivity contribution in [1.29, 1.82) is 0 Å². The SMILES string of the molecule is NC[C@H](Nc1cccnc1)C(=O)O. The maximum Gasteiger partial charge on any atom is 0.327 e. The molecule has 1 atom stereocenters. The summed E-state index contributed by atoms with van der Waals surface area (Å²) in [7, 11) is 0. The second-order valence-electron chi connectivity index (χ2n) is 2.51. The highest BCUT2D eigenvalue weighted by atomic mass is 16.4. The van der Waals surface area contributed by atoms with E-state index in [-0.39, 0.29) is 6.54 Å². The van der Waals surface area contributed by atoms with Gasteiger partial charge in [-0.2, -0.15) is 0 Å². The van der Waals surface area contributed by atoms with Crippen LogP contribution in [0.5, 0.6) is 0 Å². The van der Waals surface area contributed by atoms with Crippen LogP contribution in [0, 0.1) is 0 Å². The van der Waals surface area contributed by atoms with Gasteiger partial charge >= 0.3 is 5.97 Å². The third kappa shape index (κ3) is 2.72. The van der Waals surface area contributed by atoms with E-state index in [1.807, 2.05) is 0 Å². The van der Waals surface area contributed by atoms with Gasteiger partial charge < -0.3 is 16.2 Å². The van der Waals surface area contributed by atoms with Gasteiger partial charge in [-0.15, -0.1) is 0 Å². The van der Waals surface area contributed by atoms with Gasteiger partial charge in [0.1, 0.15) is 6.04 Å². The molecule has 0 radical (unpaired) electrons. The molecular formula is C8H11N3O2. The van der Waals surface area contributed by atoms with Crippen LogP contribution in [0.1, 0.15) is 0 Å². The number of rotatable bonds is 4. The van der Waals surface area contributed by atoms with Crippen LogP contribution in [0.3, 0.4) is 0 Å². The van der Waals surface area contributed by atoms with Crippen LogP contribution in [-0.2, 0) is 4.79 Å². The summed E-state index contributed by atoms with van der Waals surface area (Å²) in [5.74, 6) is -0.966. The molecule has 0 fully saturated rings. The quantitative estimate of drug-likeness (QED) is 0.604. The van der Waals surface area contributed by atoms with Gasteiger partial charge in [0.05, 0.1) is 5.69 Å². The minimum Gasteiger partial charge on any atom is -0.480 e. The number of pyridine rings is 1. The Bertz CT molecular complexity index is 276. The highest BCUT2D eigenvalue weighted by Gasteiger charge is 2.14. The number of nitrogens with two attached hydrogens (primary N) is 1. The van der Waals surface area contributed by atoms with Crippen molar-refractivity contribution in [2.75, 3.05) is 11.9 Å². The number of anilines is 1. The highest BCUT2D eigenvalue weighted by molar-refractivity contribution is 5.77. The number of carboxylic acid groups (broad SMARTS) is 1. The topological polar surface area (TPSA) is 88.2 Å². The van der Waals surface area contributed by atoms with Gasteiger partial charge in [-0.05, 0) is 12.1 Å². The van der Waals surface area contributed by atoms with Crippen molar-refractivity contribution in [3.05, 3.63) is 24.5 Å². The summed E-state index contributed by atoms with van der Waals surface area (Å²) in [5, 5.41) is 11.4. The zero-order valence-corrected chi connectivity index (χ0v) is 6.97. The van der Waals surface area contributed by atoms with Crippen LogP contribution >= 0.6 is 0 Å². The molecule has 0 aliphatic heterocycles. The van der Waals surface area contributed by atoms with Crippen molar-refractivity contribution in [1.82, 2.24) is 4.98 Å². The Labute approximate surface area is 75.6 Å². The highest BCUT2D eigenvalue weighted by Crippen LogP contribution is 2.04. The Kier molecular flexibility index (Phi) is 3.22. The van der Waals surface area contributed by atoms with Gasteiger partial charge in [-0.1, -0.05) is 0 Å². The van der Waals surface area contributed by atoms with Crippen LogP contribution in [0.4, 0.5) is 5.69 Å². The molecular weight excluding hydrogens is 170 g/mol. The Morgan fingerprint density at radius 2 is 2.54 bits per heavy atom. The first kappa shape index (κ1) is 9.47. The van der Waals surface area contributed by atoms with E-state index in [9.17, 15) is 4.79 Å². The van der Waals surface area contributed by atoms with Gasteiger partial charge in [0, 0.05) is 18.9 Å². The van der Waals surface area contributed by atoms with Gasteiger partial charge in [0.15, 0.2) is 0 Å². The fourth-order valence-electron chi connectivity index (χ4n) is 0.871. The Hall–Kier alpha value is -1.62. The second-order valence-corrected chi connectivity index (χ2v) is 2.51. The van der Waals surface area contributed by atoms with Crippen molar-refractivity contribution >= 4 is 11.7 Å². The number of hydrogen-bond acceptors (Lipinski definition) is 4. The summed E-state index contributed by atoms with van der Waals surface area (Å²) in [6.45, 7) is 0.0459. The summed E-state index contributed by atoms with van der Waals surface area (Å²) in [6.07, 6.45) is 3.16. The largest absolute Gasteiger partial charge is 0.480 e. The lowest BCUT2D eigenvalue weighted by molar-refractivity contribution is -0.137. The van der Waals surface area contributed by atoms with E-state index in [2.05, 4.69) is 10.3 Å². The molecule has 0 unspecified atom stereocenters. The average molecular weight is 181 g/mol. The predicted molar refractivity (Wildman–Crippen MR) is 48.3 cm³/mol. The molecule has 0 saturated heterocycles. The molecule has 0 spiro atoms. The van der Waals surface area contributed by atoms with Crippen molar-refractivity contribution in [2.24, 2.45) is 5.73 Å². The molecule has 70 valence electrons. The molecule has 0 aromatic carbocycles. The zero-order valence-electron chi connectivity index (χ0n) is 6.97. The molecule has 1 aromatic heterocycles. The normalized spacial score (nSPS) is 12.1. The number of carbonyl (C=O) groups is 1. The van der Waals surface area contributed by atoms with Crippen molar-refractivity contribution in [3.8, 4) is 0 Å². The van der Waals surface area contributed by atoms with E-state index >= 15 is 0 Å². The lowest BCUT2D eigenvalue weighted by atomic mass is 10.3. The number of aromatic nitrogens is 1. The van der Waals surface area contributed by atoms with Crippen molar-refractivity contribution < 1.29 is 9.90 Å². The van der Waals surface area contributed by atoms with Gasteiger partial charge in [0.2, 0.25) is 0 Å². The van der Waals surface area contributed by atoms with E-state index in [4.69, 9.17) is 10.8 Å². The molecule has 0 aliphatic rings. The maximum absolute atomic E-state index is 10.6. The number of carboxylic acids is 1. The molecule has 0 saturated carbocycles. The fraction of sp³-hybridized carbons (Fsp3) is 0.250. The van der Waals surface area contributed by atoms with Gasteiger partial charge in [0.25, 0.3) is 0 Å². The first-order chi connectivity index (χ1) is 6.24. The Balaban J connectivity index is 2.62. The van der Waals surface area contributed by atoms with Crippen LogP contribution in [0.25, 0.3) is 0 Å². The second kappa shape index (κ2) is 4.42. The van der Waals surface area contributed by atoms with Gasteiger partial charge in [-0.25, -0.2) is 4.79 Å². The number of nitrogens with zero attached hydrogens (tertiary/aromatic N) is 1. The molecule has 0 amide bonds. The fourth-order valence-corrected chi connectivity index (χ4v) is 0.871. The molecule has 5 heteroatoms. The number of hydrogen-bond donors (Lipinski definition) is 3. The Morgan fingerprint density at radius 1 is 1.77 bits per heavy atom. The van der Waals surface area contributed by atoms with Crippen LogP contribution in [0.15, 0.2) is 24.5 Å². The lowest BCUT2D eigenvalue weighted by Gasteiger charge is -2.12. The first-order valence-corrected chi connectivity index (χ1v) is 3.83. The van der Waals surface area contributed by atoms with Gasteiger partial charge in [-0.3, -0.25) is 4.98 Å². The molecule has 0 bridgehead atoms. The minimum absolute atomic E-state index is 0.0459. The van der Waals surface area contributed by atoms with Crippen molar-refractivity contribution in [2.45, 2.75) is 6.04 Å². The minimum atomic E-state index is -0.966. The first-order valence-electron chi connectivity index (χ1n) is 3.83. The summed E-state index contributed by atoms with van der Waals surface area (Å²) in [5.41, 5.74) is 5.91.